The van der Waals surface area contributed by atoms with Gasteiger partial charge in [-0.1, -0.05) is 62.4 Å². The fraction of sp³-hybridized carbons (Fsp3) is 0.350. The zero-order valence-corrected chi connectivity index (χ0v) is 14.5. The number of carbonyl (C=O) groups excluding carboxylic acids is 1. The normalized spacial score (nSPS) is 12.5. The molecule has 24 heavy (non-hydrogen) atoms. The van der Waals surface area contributed by atoms with Crippen LogP contribution in [0.3, 0.4) is 0 Å². The van der Waals surface area contributed by atoms with Crippen molar-refractivity contribution in [1.82, 2.24) is 5.32 Å². The highest BCUT2D eigenvalue weighted by Gasteiger charge is 2.30. The molecule has 0 heterocycles. The number of amides is 1. The van der Waals surface area contributed by atoms with Gasteiger partial charge in [0, 0.05) is 5.41 Å². The number of rotatable bonds is 7. The number of carbonyl (C=O) groups is 1. The molecule has 2 aromatic rings. The highest BCUT2D eigenvalue weighted by Crippen LogP contribution is 2.28. The van der Waals surface area contributed by atoms with Gasteiger partial charge in [-0.3, -0.25) is 4.79 Å². The first-order valence-electron chi connectivity index (χ1n) is 8.06. The molecule has 2 N–H and O–H groups in total. The predicted molar refractivity (Wildman–Crippen MR) is 94.9 cm³/mol. The molecule has 0 radical (unpaired) electrons. The Morgan fingerprint density at radius 2 is 1.75 bits per heavy atom. The van der Waals surface area contributed by atoms with Crippen LogP contribution in [0.25, 0.3) is 0 Å². The first-order valence-corrected chi connectivity index (χ1v) is 8.06. The molecule has 128 valence electrons. The highest BCUT2D eigenvalue weighted by atomic mass is 16.5. The van der Waals surface area contributed by atoms with Gasteiger partial charge in [-0.25, -0.2) is 0 Å². The minimum atomic E-state index is -0.628. The molecule has 0 aliphatic heterocycles. The van der Waals surface area contributed by atoms with E-state index in [0.717, 1.165) is 16.9 Å². The number of hydrogen-bond donors (Lipinski definition) is 2. The number of ether oxygens (including phenoxy) is 1. The average molecular weight is 327 g/mol. The number of hydrogen-bond acceptors (Lipinski definition) is 3. The van der Waals surface area contributed by atoms with Crippen molar-refractivity contribution in [2.75, 3.05) is 13.7 Å². The molecule has 0 unspecified atom stereocenters. The minimum Gasteiger partial charge on any atom is -0.496 e. The molecule has 2 rings (SSSR count). The number of benzene rings is 2. The van der Waals surface area contributed by atoms with E-state index in [1.54, 1.807) is 7.11 Å². The lowest BCUT2D eigenvalue weighted by Crippen LogP contribution is -2.41. The third kappa shape index (κ3) is 4.36. The van der Waals surface area contributed by atoms with Crippen LogP contribution < -0.4 is 10.1 Å². The zero-order chi connectivity index (χ0) is 17.6. The van der Waals surface area contributed by atoms with Crippen LogP contribution in [0.2, 0.25) is 0 Å². The van der Waals surface area contributed by atoms with Gasteiger partial charge in [0.2, 0.25) is 5.91 Å². The molecular formula is C20H25NO3. The highest BCUT2D eigenvalue weighted by molar-refractivity contribution is 5.82. The Kier molecular flexibility index (Phi) is 5.99. The van der Waals surface area contributed by atoms with Crippen LogP contribution in [0.1, 0.15) is 31.0 Å². The van der Waals surface area contributed by atoms with E-state index in [2.05, 4.69) is 5.32 Å². The van der Waals surface area contributed by atoms with E-state index >= 15 is 0 Å². The van der Waals surface area contributed by atoms with Crippen LogP contribution in [-0.4, -0.2) is 24.7 Å². The molecule has 0 aliphatic carbocycles. The summed E-state index contributed by atoms with van der Waals surface area (Å²) in [4.78, 5) is 12.7. The number of para-hydroxylation sites is 1. The van der Waals surface area contributed by atoms with Crippen LogP contribution in [0, 0.1) is 5.41 Å². The smallest absolute Gasteiger partial charge is 0.226 e. The number of methoxy groups -OCH3 is 1. The van der Waals surface area contributed by atoms with E-state index in [1.807, 2.05) is 68.4 Å². The van der Waals surface area contributed by atoms with Crippen molar-refractivity contribution < 1.29 is 14.6 Å². The topological polar surface area (TPSA) is 58.6 Å². The first-order chi connectivity index (χ1) is 11.5. The summed E-state index contributed by atoms with van der Waals surface area (Å²) in [7, 11) is 1.63. The van der Waals surface area contributed by atoms with Crippen LogP contribution in [0.4, 0.5) is 0 Å². The van der Waals surface area contributed by atoms with Crippen molar-refractivity contribution in [2.24, 2.45) is 5.41 Å². The quantitative estimate of drug-likeness (QED) is 0.821. The molecule has 1 atom stereocenters. The molecule has 2 aromatic carbocycles. The Labute approximate surface area is 143 Å². The van der Waals surface area contributed by atoms with E-state index in [1.165, 1.54) is 0 Å². The van der Waals surface area contributed by atoms with E-state index in [-0.39, 0.29) is 12.5 Å². The Balaban J connectivity index is 2.12. The van der Waals surface area contributed by atoms with E-state index in [4.69, 9.17) is 4.74 Å². The SMILES string of the molecule is COc1ccccc1CC(C)(C)C(=O)N[C@H](CO)c1ccccc1. The molecule has 1 amide bonds. The molecule has 0 saturated heterocycles. The third-order valence-electron chi connectivity index (χ3n) is 4.13. The molecule has 0 spiro atoms. The standard InChI is InChI=1S/C20H25NO3/c1-20(2,13-16-11-7-8-12-18(16)24-3)19(23)21-17(14-22)15-9-5-4-6-10-15/h4-12,17,22H,13-14H2,1-3H3,(H,21,23)/t17-/m1/s1. The molecule has 0 aromatic heterocycles. The average Bonchev–Trinajstić information content (AvgIpc) is 2.60. The number of nitrogens with one attached hydrogen (secondary N) is 1. The largest absolute Gasteiger partial charge is 0.496 e. The van der Waals surface area contributed by atoms with Crippen molar-refractivity contribution in [2.45, 2.75) is 26.3 Å². The fourth-order valence-electron chi connectivity index (χ4n) is 2.68. The van der Waals surface area contributed by atoms with Gasteiger partial charge in [-0.2, -0.15) is 0 Å². The summed E-state index contributed by atoms with van der Waals surface area (Å²) in [6, 6.07) is 16.8. The molecule has 0 fully saturated rings. The summed E-state index contributed by atoms with van der Waals surface area (Å²) >= 11 is 0. The second-order valence-electron chi connectivity index (χ2n) is 6.49. The zero-order valence-electron chi connectivity index (χ0n) is 14.5. The maximum atomic E-state index is 12.7. The van der Waals surface area contributed by atoms with Crippen LogP contribution in [-0.2, 0) is 11.2 Å². The monoisotopic (exact) mass is 327 g/mol. The van der Waals surface area contributed by atoms with Crippen molar-refractivity contribution in [3.8, 4) is 5.75 Å². The molecular weight excluding hydrogens is 302 g/mol. The van der Waals surface area contributed by atoms with Gasteiger partial charge >= 0.3 is 0 Å². The summed E-state index contributed by atoms with van der Waals surface area (Å²) in [6.07, 6.45) is 0.551. The van der Waals surface area contributed by atoms with Gasteiger partial charge in [-0.15, -0.1) is 0 Å². The summed E-state index contributed by atoms with van der Waals surface area (Å²) in [5.74, 6) is 0.677. The molecule has 4 heteroatoms. The Morgan fingerprint density at radius 1 is 1.12 bits per heavy atom. The Hall–Kier alpha value is -2.33. The van der Waals surface area contributed by atoms with E-state index in [9.17, 15) is 9.90 Å². The number of aliphatic hydroxyl groups is 1. The summed E-state index contributed by atoms with van der Waals surface area (Å²) in [5.41, 5.74) is 1.25. The third-order valence-corrected chi connectivity index (χ3v) is 4.13. The van der Waals surface area contributed by atoms with Gasteiger partial charge in [0.1, 0.15) is 5.75 Å². The van der Waals surface area contributed by atoms with Crippen LogP contribution in [0.15, 0.2) is 54.6 Å². The maximum Gasteiger partial charge on any atom is 0.226 e. The Bertz CT molecular complexity index is 668. The number of aliphatic hydroxyl groups excluding tert-OH is 1. The predicted octanol–water partition coefficient (Wildman–Crippen LogP) is 3.11. The van der Waals surface area contributed by atoms with Crippen LogP contribution in [0.5, 0.6) is 5.75 Å². The van der Waals surface area contributed by atoms with Gasteiger partial charge in [0.15, 0.2) is 0 Å². The molecule has 0 saturated carbocycles. The van der Waals surface area contributed by atoms with E-state index in [0.29, 0.717) is 6.42 Å². The van der Waals surface area contributed by atoms with Crippen molar-refractivity contribution in [3.63, 3.8) is 0 Å². The van der Waals surface area contributed by atoms with Crippen molar-refractivity contribution >= 4 is 5.91 Å². The van der Waals surface area contributed by atoms with Crippen molar-refractivity contribution in [1.29, 1.82) is 0 Å². The van der Waals surface area contributed by atoms with Gasteiger partial charge in [0.25, 0.3) is 0 Å². The van der Waals surface area contributed by atoms with Crippen molar-refractivity contribution in [3.05, 3.63) is 65.7 Å². The van der Waals surface area contributed by atoms with Gasteiger partial charge < -0.3 is 15.2 Å². The minimum absolute atomic E-state index is 0.101. The summed E-state index contributed by atoms with van der Waals surface area (Å²) in [6.45, 7) is 3.66. The van der Waals surface area contributed by atoms with E-state index < -0.39 is 11.5 Å². The fourth-order valence-corrected chi connectivity index (χ4v) is 2.68. The second-order valence-corrected chi connectivity index (χ2v) is 6.49. The molecule has 0 bridgehead atoms. The van der Waals surface area contributed by atoms with Crippen LogP contribution >= 0.6 is 0 Å². The van der Waals surface area contributed by atoms with Gasteiger partial charge in [0.05, 0.1) is 19.8 Å². The molecule has 0 aliphatic rings. The van der Waals surface area contributed by atoms with Gasteiger partial charge in [-0.05, 0) is 23.6 Å². The lowest BCUT2D eigenvalue weighted by molar-refractivity contribution is -0.130. The lowest BCUT2D eigenvalue weighted by atomic mass is 9.84. The maximum absolute atomic E-state index is 12.7. The Morgan fingerprint density at radius 3 is 2.38 bits per heavy atom. The first kappa shape index (κ1) is 18.0. The lowest BCUT2D eigenvalue weighted by Gasteiger charge is -2.27. The summed E-state index contributed by atoms with van der Waals surface area (Å²) < 4.78 is 5.37. The second kappa shape index (κ2) is 7.97. The molecule has 4 nitrogen and oxygen atoms in total. The summed E-state index contributed by atoms with van der Waals surface area (Å²) in [5, 5.41) is 12.6.